The third-order valence-corrected chi connectivity index (χ3v) is 5.32. The summed E-state index contributed by atoms with van der Waals surface area (Å²) in [4.78, 5) is 12.7. The summed E-state index contributed by atoms with van der Waals surface area (Å²) in [7, 11) is 0. The van der Waals surface area contributed by atoms with Crippen molar-refractivity contribution in [1.29, 1.82) is 0 Å². The molecule has 3 rings (SSSR count). The Hall–Kier alpha value is -1.46. The summed E-state index contributed by atoms with van der Waals surface area (Å²) in [6, 6.07) is 6.13. The molecule has 1 saturated heterocycles. The zero-order chi connectivity index (χ0) is 15.6. The van der Waals surface area contributed by atoms with Crippen molar-refractivity contribution in [3.05, 3.63) is 35.6 Å². The molecule has 0 radical (unpaired) electrons. The quantitative estimate of drug-likeness (QED) is 0.875. The summed E-state index contributed by atoms with van der Waals surface area (Å²) < 4.78 is 18.3. The minimum absolute atomic E-state index is 0.000853. The normalized spacial score (nSPS) is 25.9. The van der Waals surface area contributed by atoms with Gasteiger partial charge in [-0.05, 0) is 48.8 Å². The first kappa shape index (κ1) is 15.4. The second kappa shape index (κ2) is 5.97. The van der Waals surface area contributed by atoms with E-state index in [1.54, 1.807) is 12.1 Å². The zero-order valence-electron chi connectivity index (χ0n) is 12.6. The molecule has 1 aromatic rings. The fourth-order valence-electron chi connectivity index (χ4n) is 3.88. The highest BCUT2D eigenvalue weighted by molar-refractivity contribution is 5.87. The van der Waals surface area contributed by atoms with E-state index in [2.05, 4.69) is 5.32 Å². The summed E-state index contributed by atoms with van der Waals surface area (Å²) in [6.07, 6.45) is 3.11. The molecule has 1 aliphatic carbocycles. The number of amides is 1. The predicted molar refractivity (Wildman–Crippen MR) is 79.5 cm³/mol. The zero-order valence-corrected chi connectivity index (χ0v) is 12.6. The SMILES string of the molecule is O=C(NCc1ccc(F)cc1)C1(CCO)CC12CCOCC2. The van der Waals surface area contributed by atoms with Crippen molar-refractivity contribution in [3.63, 3.8) is 0 Å². The van der Waals surface area contributed by atoms with Crippen LogP contribution >= 0.6 is 0 Å². The average Bonchev–Trinajstić information content (AvgIpc) is 3.14. The molecular weight excluding hydrogens is 285 g/mol. The van der Waals surface area contributed by atoms with Crippen LogP contribution in [-0.4, -0.2) is 30.8 Å². The number of aliphatic hydroxyl groups is 1. The maximum absolute atomic E-state index is 12.9. The lowest BCUT2D eigenvalue weighted by molar-refractivity contribution is -0.129. The van der Waals surface area contributed by atoms with Gasteiger partial charge in [0.05, 0.1) is 5.41 Å². The van der Waals surface area contributed by atoms with Crippen LogP contribution in [0.15, 0.2) is 24.3 Å². The van der Waals surface area contributed by atoms with Crippen LogP contribution in [0.5, 0.6) is 0 Å². The number of hydrogen-bond acceptors (Lipinski definition) is 3. The lowest BCUT2D eigenvalue weighted by Gasteiger charge is -2.28. The van der Waals surface area contributed by atoms with Crippen LogP contribution in [0.1, 0.15) is 31.2 Å². The number of carbonyl (C=O) groups is 1. The number of halogens is 1. The first-order chi connectivity index (χ1) is 10.6. The molecule has 1 spiro atoms. The van der Waals surface area contributed by atoms with E-state index >= 15 is 0 Å². The Bertz CT molecular complexity index is 539. The Morgan fingerprint density at radius 3 is 2.59 bits per heavy atom. The number of ether oxygens (including phenoxy) is 1. The summed E-state index contributed by atoms with van der Waals surface area (Å²) in [6.45, 7) is 1.79. The van der Waals surface area contributed by atoms with E-state index in [0.29, 0.717) is 26.2 Å². The number of rotatable bonds is 5. The first-order valence-electron chi connectivity index (χ1n) is 7.83. The Balaban J connectivity index is 1.65. The molecular formula is C17H22FNO3. The van der Waals surface area contributed by atoms with Crippen molar-refractivity contribution < 1.29 is 19.0 Å². The van der Waals surface area contributed by atoms with Crippen molar-refractivity contribution >= 4 is 5.91 Å². The molecule has 2 N–H and O–H groups in total. The fraction of sp³-hybridized carbons (Fsp3) is 0.588. The van der Waals surface area contributed by atoms with Crippen LogP contribution in [-0.2, 0) is 16.1 Å². The summed E-state index contributed by atoms with van der Waals surface area (Å²) in [5, 5.41) is 12.3. The smallest absolute Gasteiger partial charge is 0.227 e. The highest BCUT2D eigenvalue weighted by atomic mass is 19.1. The highest BCUT2D eigenvalue weighted by Crippen LogP contribution is 2.70. The van der Waals surface area contributed by atoms with Crippen molar-refractivity contribution in [1.82, 2.24) is 5.32 Å². The van der Waals surface area contributed by atoms with Gasteiger partial charge in [0.2, 0.25) is 5.91 Å². The van der Waals surface area contributed by atoms with E-state index in [9.17, 15) is 14.3 Å². The van der Waals surface area contributed by atoms with E-state index < -0.39 is 5.41 Å². The molecule has 1 saturated carbocycles. The van der Waals surface area contributed by atoms with Crippen molar-refractivity contribution in [2.45, 2.75) is 32.2 Å². The van der Waals surface area contributed by atoms with E-state index in [-0.39, 0.29) is 23.7 Å². The molecule has 1 aliphatic heterocycles. The molecule has 2 fully saturated rings. The molecule has 1 heterocycles. The van der Waals surface area contributed by atoms with Crippen LogP contribution in [0.2, 0.25) is 0 Å². The topological polar surface area (TPSA) is 58.6 Å². The molecule has 4 nitrogen and oxygen atoms in total. The molecule has 120 valence electrons. The van der Waals surface area contributed by atoms with Gasteiger partial charge in [-0.25, -0.2) is 4.39 Å². The number of benzene rings is 1. The minimum atomic E-state index is -0.453. The second-order valence-corrected chi connectivity index (χ2v) is 6.43. The van der Waals surface area contributed by atoms with Crippen LogP contribution in [0.4, 0.5) is 4.39 Å². The van der Waals surface area contributed by atoms with Crippen molar-refractivity contribution in [3.8, 4) is 0 Å². The van der Waals surface area contributed by atoms with Gasteiger partial charge in [-0.1, -0.05) is 12.1 Å². The van der Waals surface area contributed by atoms with Gasteiger partial charge in [-0.3, -0.25) is 4.79 Å². The van der Waals surface area contributed by atoms with Gasteiger partial charge in [0.15, 0.2) is 0 Å². The van der Waals surface area contributed by atoms with Gasteiger partial charge in [0.1, 0.15) is 5.82 Å². The van der Waals surface area contributed by atoms with Crippen LogP contribution in [0.3, 0.4) is 0 Å². The third-order valence-electron chi connectivity index (χ3n) is 5.32. The Morgan fingerprint density at radius 2 is 1.95 bits per heavy atom. The van der Waals surface area contributed by atoms with E-state index in [1.807, 2.05) is 0 Å². The summed E-state index contributed by atoms with van der Waals surface area (Å²) in [5.74, 6) is -0.275. The predicted octanol–water partition coefficient (Wildman–Crippen LogP) is 2.01. The lowest BCUT2D eigenvalue weighted by Crippen LogP contribution is -2.38. The molecule has 1 aromatic carbocycles. The Labute approximate surface area is 129 Å². The van der Waals surface area contributed by atoms with Crippen LogP contribution in [0.25, 0.3) is 0 Å². The summed E-state index contributed by atoms with van der Waals surface area (Å²) in [5.41, 5.74) is 0.419. The van der Waals surface area contributed by atoms with Gasteiger partial charge in [-0.2, -0.15) is 0 Å². The molecule has 22 heavy (non-hydrogen) atoms. The Morgan fingerprint density at radius 1 is 1.27 bits per heavy atom. The van der Waals surface area contributed by atoms with Crippen LogP contribution < -0.4 is 5.32 Å². The lowest BCUT2D eigenvalue weighted by atomic mass is 9.83. The molecule has 2 aliphatic rings. The van der Waals surface area contributed by atoms with Crippen molar-refractivity contribution in [2.24, 2.45) is 10.8 Å². The number of aliphatic hydroxyl groups excluding tert-OH is 1. The fourth-order valence-corrected chi connectivity index (χ4v) is 3.88. The van der Waals surface area contributed by atoms with Crippen LogP contribution in [0, 0.1) is 16.6 Å². The van der Waals surface area contributed by atoms with Gasteiger partial charge >= 0.3 is 0 Å². The van der Waals surface area contributed by atoms with Gasteiger partial charge < -0.3 is 15.2 Å². The number of hydrogen-bond donors (Lipinski definition) is 2. The largest absolute Gasteiger partial charge is 0.396 e. The average molecular weight is 307 g/mol. The molecule has 1 unspecified atom stereocenters. The first-order valence-corrected chi connectivity index (χ1v) is 7.83. The minimum Gasteiger partial charge on any atom is -0.396 e. The standard InChI is InChI=1S/C17H22FNO3/c18-14-3-1-13(2-4-14)11-19-15(21)17(5-8-20)12-16(17)6-9-22-10-7-16/h1-4,20H,5-12H2,(H,19,21). The van der Waals surface area contributed by atoms with Gasteiger partial charge in [-0.15, -0.1) is 0 Å². The van der Waals surface area contributed by atoms with E-state index in [4.69, 9.17) is 4.74 Å². The van der Waals surface area contributed by atoms with E-state index in [0.717, 1.165) is 24.8 Å². The second-order valence-electron chi connectivity index (χ2n) is 6.43. The maximum Gasteiger partial charge on any atom is 0.227 e. The molecule has 1 amide bonds. The van der Waals surface area contributed by atoms with Crippen molar-refractivity contribution in [2.75, 3.05) is 19.8 Å². The van der Waals surface area contributed by atoms with Gasteiger partial charge in [0, 0.05) is 26.4 Å². The summed E-state index contributed by atoms with van der Waals surface area (Å²) >= 11 is 0. The van der Waals surface area contributed by atoms with Gasteiger partial charge in [0.25, 0.3) is 0 Å². The molecule has 5 heteroatoms. The molecule has 0 aromatic heterocycles. The number of carbonyl (C=O) groups excluding carboxylic acids is 1. The molecule has 0 bridgehead atoms. The highest BCUT2D eigenvalue weighted by Gasteiger charge is 2.70. The molecule has 1 atom stereocenters. The number of nitrogens with one attached hydrogen (secondary N) is 1. The monoisotopic (exact) mass is 307 g/mol. The maximum atomic E-state index is 12.9. The Kier molecular flexibility index (Phi) is 4.19. The third kappa shape index (κ3) is 2.63. The van der Waals surface area contributed by atoms with E-state index in [1.165, 1.54) is 12.1 Å².